The van der Waals surface area contributed by atoms with Crippen LogP contribution in [0.25, 0.3) is 0 Å². The molecule has 0 fully saturated rings. The molecule has 1 heterocycles. The monoisotopic (exact) mass is 613 g/mol. The zero-order chi connectivity index (χ0) is 32.4. The molecule has 7 heteroatoms. The Morgan fingerprint density at radius 1 is 0.953 bits per heavy atom. The van der Waals surface area contributed by atoms with Crippen molar-refractivity contribution in [3.8, 4) is 17.2 Å². The summed E-state index contributed by atoms with van der Waals surface area (Å²) >= 11 is 0. The van der Waals surface area contributed by atoms with Gasteiger partial charge in [0, 0.05) is 17.2 Å². The predicted octanol–water partition coefficient (Wildman–Crippen LogP) is 9.94. The first kappa shape index (κ1) is 36.7. The number of carbonyl (C=O) groups excluding carboxylic acids is 1. The van der Waals surface area contributed by atoms with Gasteiger partial charge in [0.05, 0.1) is 31.1 Å². The van der Waals surface area contributed by atoms with Crippen LogP contribution < -0.4 is 19.5 Å². The SMILES string of the molecule is COc1c(OC(C)C)cc2c(OC(C)C)c1CCCCCC/C=C(\C)[C@H](O[Si](C)(C)C(C)(C)C)C/C=C/C=C(/C)C(=O)N2. The Bertz CT molecular complexity index is 1160. The average Bonchev–Trinajstić information content (AvgIpc) is 2.89. The largest absolute Gasteiger partial charge is 0.492 e. The summed E-state index contributed by atoms with van der Waals surface area (Å²) in [7, 11) is -0.289. The fraction of sp³-hybridized carbons (Fsp3) is 0.639. The van der Waals surface area contributed by atoms with E-state index in [0.29, 0.717) is 28.5 Å². The molecule has 1 aromatic carbocycles. The molecule has 1 atom stereocenters. The molecule has 1 aliphatic rings. The number of allylic oxidation sites excluding steroid dienone is 3. The van der Waals surface area contributed by atoms with Crippen LogP contribution in [0, 0.1) is 0 Å². The minimum Gasteiger partial charge on any atom is -0.492 e. The maximum absolute atomic E-state index is 13.4. The van der Waals surface area contributed by atoms with E-state index in [9.17, 15) is 4.79 Å². The van der Waals surface area contributed by atoms with E-state index in [2.05, 4.69) is 58.3 Å². The lowest BCUT2D eigenvalue weighted by molar-refractivity contribution is -0.112. The number of fused-ring (bicyclic) bond motifs is 2. The van der Waals surface area contributed by atoms with Crippen LogP contribution in [0.4, 0.5) is 5.69 Å². The lowest BCUT2D eigenvalue weighted by atomic mass is 10.0. The second-order valence-electron chi connectivity index (χ2n) is 13.8. The van der Waals surface area contributed by atoms with Crippen LogP contribution in [0.1, 0.15) is 106 Å². The van der Waals surface area contributed by atoms with Crippen molar-refractivity contribution in [2.24, 2.45) is 0 Å². The van der Waals surface area contributed by atoms with Crippen molar-refractivity contribution < 1.29 is 23.4 Å². The highest BCUT2D eigenvalue weighted by molar-refractivity contribution is 6.74. The normalized spacial score (nSPS) is 21.4. The van der Waals surface area contributed by atoms with Gasteiger partial charge in [-0.3, -0.25) is 4.79 Å². The molecular weight excluding hydrogens is 554 g/mol. The van der Waals surface area contributed by atoms with Crippen molar-refractivity contribution in [2.45, 2.75) is 144 Å². The van der Waals surface area contributed by atoms with Crippen LogP contribution in [0.3, 0.4) is 0 Å². The first-order valence-electron chi connectivity index (χ1n) is 16.1. The predicted molar refractivity (Wildman–Crippen MR) is 183 cm³/mol. The Morgan fingerprint density at radius 2 is 1.60 bits per heavy atom. The molecular formula is C36H59NO5Si. The summed E-state index contributed by atoms with van der Waals surface area (Å²) in [6, 6.07) is 1.83. The molecule has 0 spiro atoms. The Balaban J connectivity index is 2.52. The molecule has 0 unspecified atom stereocenters. The van der Waals surface area contributed by atoms with Gasteiger partial charge in [0.25, 0.3) is 5.91 Å². The summed E-state index contributed by atoms with van der Waals surface area (Å²) < 4.78 is 25.3. The lowest BCUT2D eigenvalue weighted by Crippen LogP contribution is -2.44. The van der Waals surface area contributed by atoms with Crippen molar-refractivity contribution in [2.75, 3.05) is 12.4 Å². The summed E-state index contributed by atoms with van der Waals surface area (Å²) in [6.45, 7) is 23.5. The van der Waals surface area contributed by atoms with E-state index >= 15 is 0 Å². The van der Waals surface area contributed by atoms with E-state index in [0.717, 1.165) is 50.5 Å². The van der Waals surface area contributed by atoms with Crippen LogP contribution in [-0.2, 0) is 15.6 Å². The number of rotatable bonds is 7. The highest BCUT2D eigenvalue weighted by Crippen LogP contribution is 2.45. The summed E-state index contributed by atoms with van der Waals surface area (Å²) in [4.78, 5) is 13.4. The zero-order valence-electron chi connectivity index (χ0n) is 29.1. The van der Waals surface area contributed by atoms with Crippen molar-refractivity contribution in [3.63, 3.8) is 0 Å². The van der Waals surface area contributed by atoms with Gasteiger partial charge in [0.1, 0.15) is 5.75 Å². The van der Waals surface area contributed by atoms with Crippen LogP contribution in [0.15, 0.2) is 41.5 Å². The summed E-state index contributed by atoms with van der Waals surface area (Å²) in [5.41, 5.74) is 3.43. The number of anilines is 1. The van der Waals surface area contributed by atoms with E-state index in [4.69, 9.17) is 18.6 Å². The molecule has 43 heavy (non-hydrogen) atoms. The number of ether oxygens (including phenoxy) is 3. The number of methoxy groups -OCH3 is 1. The second kappa shape index (κ2) is 16.5. The fourth-order valence-electron chi connectivity index (χ4n) is 4.76. The minimum absolute atomic E-state index is 0.0332. The summed E-state index contributed by atoms with van der Waals surface area (Å²) in [5.74, 6) is 1.75. The lowest BCUT2D eigenvalue weighted by Gasteiger charge is -2.39. The minimum atomic E-state index is -1.96. The van der Waals surface area contributed by atoms with Gasteiger partial charge in [0.2, 0.25) is 0 Å². The number of nitrogens with one attached hydrogen (secondary N) is 1. The molecule has 0 radical (unpaired) electrons. The van der Waals surface area contributed by atoms with Crippen molar-refractivity contribution >= 4 is 19.9 Å². The number of benzene rings is 1. The zero-order valence-corrected chi connectivity index (χ0v) is 30.1. The highest BCUT2D eigenvalue weighted by atomic mass is 28.4. The first-order chi connectivity index (χ1) is 20.1. The van der Waals surface area contributed by atoms with Crippen molar-refractivity contribution in [1.29, 1.82) is 0 Å². The Labute approximate surface area is 263 Å². The molecule has 0 aliphatic carbocycles. The average molecular weight is 614 g/mol. The second-order valence-corrected chi connectivity index (χ2v) is 18.6. The molecule has 2 bridgehead atoms. The Hall–Kier alpha value is -2.51. The third-order valence-electron chi connectivity index (χ3n) is 8.25. The molecule has 242 valence electrons. The number of hydrogen-bond acceptors (Lipinski definition) is 5. The molecule has 1 aromatic rings. The maximum atomic E-state index is 13.4. The number of carbonyl (C=O) groups is 1. The molecule has 6 nitrogen and oxygen atoms in total. The van der Waals surface area contributed by atoms with Gasteiger partial charge in [-0.1, -0.05) is 57.9 Å². The molecule has 0 saturated carbocycles. The van der Waals surface area contributed by atoms with E-state index in [1.807, 2.05) is 52.8 Å². The van der Waals surface area contributed by atoms with Gasteiger partial charge in [-0.15, -0.1) is 0 Å². The van der Waals surface area contributed by atoms with Gasteiger partial charge in [-0.05, 0) is 97.4 Å². The third kappa shape index (κ3) is 11.2. The topological polar surface area (TPSA) is 66.0 Å². The Morgan fingerprint density at radius 3 is 2.21 bits per heavy atom. The van der Waals surface area contributed by atoms with E-state index in [1.165, 1.54) is 5.57 Å². The molecule has 0 aromatic heterocycles. The van der Waals surface area contributed by atoms with Crippen molar-refractivity contribution in [3.05, 3.63) is 47.1 Å². The molecule has 2 rings (SSSR count). The third-order valence-corrected chi connectivity index (χ3v) is 12.7. The highest BCUT2D eigenvalue weighted by Gasteiger charge is 2.39. The molecule has 1 amide bonds. The smallest absolute Gasteiger partial charge is 0.251 e. The summed E-state index contributed by atoms with van der Waals surface area (Å²) in [6.07, 6.45) is 15.1. The van der Waals surface area contributed by atoms with Gasteiger partial charge < -0.3 is 24.0 Å². The summed E-state index contributed by atoms with van der Waals surface area (Å²) in [5, 5.41) is 3.25. The van der Waals surface area contributed by atoms with Gasteiger partial charge in [-0.2, -0.15) is 0 Å². The maximum Gasteiger partial charge on any atom is 0.251 e. The molecule has 1 N–H and O–H groups in total. The molecule has 0 saturated heterocycles. The van der Waals surface area contributed by atoms with Crippen LogP contribution in [0.5, 0.6) is 17.2 Å². The first-order valence-corrected chi connectivity index (χ1v) is 19.0. The van der Waals surface area contributed by atoms with Crippen LogP contribution >= 0.6 is 0 Å². The van der Waals surface area contributed by atoms with E-state index < -0.39 is 8.32 Å². The number of hydrogen-bond donors (Lipinski definition) is 1. The fourth-order valence-corrected chi connectivity index (χ4v) is 6.11. The van der Waals surface area contributed by atoms with Gasteiger partial charge in [-0.25, -0.2) is 0 Å². The van der Waals surface area contributed by atoms with Gasteiger partial charge in [0.15, 0.2) is 19.8 Å². The van der Waals surface area contributed by atoms with Gasteiger partial charge >= 0.3 is 0 Å². The number of amides is 1. The van der Waals surface area contributed by atoms with E-state index in [1.54, 1.807) is 7.11 Å². The van der Waals surface area contributed by atoms with Crippen LogP contribution in [-0.4, -0.2) is 39.6 Å². The quantitative estimate of drug-likeness (QED) is 0.245. The molecule has 1 aliphatic heterocycles. The van der Waals surface area contributed by atoms with E-state index in [-0.39, 0.29) is 29.3 Å². The standard InChI is InChI=1S/C36H59NO5Si/c1-25(2)40-32-24-30-33(41-26(3)4)29(34(32)39-10)22-17-15-13-14-16-20-27(5)31(42-43(11,12)36(7,8)9)23-19-18-21-28(6)35(38)37-30/h18-21,24-26,31H,13-17,22-23H2,1-12H3,(H,37,38)/b19-18+,27-20+,28-21-/t31-/m1/s1. The van der Waals surface area contributed by atoms with Crippen LogP contribution in [0.2, 0.25) is 18.1 Å². The van der Waals surface area contributed by atoms with Crippen molar-refractivity contribution in [1.82, 2.24) is 0 Å². The Kier molecular flexibility index (Phi) is 14.1.